The van der Waals surface area contributed by atoms with Crippen LogP contribution in [0, 0.1) is 0 Å². The first-order valence-electron chi connectivity index (χ1n) is 7.94. The SMILES string of the molecule is NC(N)=NCCCCC(=O)NC[C@@H]1CCCN1C(=O)[C@@H](N)CO. The number of guanidine groups is 1. The van der Waals surface area contributed by atoms with Crippen molar-refractivity contribution in [3.63, 3.8) is 0 Å². The first-order valence-corrected chi connectivity index (χ1v) is 7.94. The third kappa shape index (κ3) is 6.83. The van der Waals surface area contributed by atoms with Gasteiger partial charge in [-0.1, -0.05) is 0 Å². The molecule has 1 saturated heterocycles. The number of hydrogen-bond acceptors (Lipinski definition) is 5. The summed E-state index contributed by atoms with van der Waals surface area (Å²) in [5, 5.41) is 11.8. The number of aliphatic hydroxyl groups excluding tert-OH is 1. The van der Waals surface area contributed by atoms with E-state index in [0.717, 1.165) is 19.3 Å². The molecule has 0 spiro atoms. The van der Waals surface area contributed by atoms with Crippen molar-refractivity contribution in [2.24, 2.45) is 22.2 Å². The summed E-state index contributed by atoms with van der Waals surface area (Å²) in [6.45, 7) is 1.17. The van der Waals surface area contributed by atoms with E-state index in [1.54, 1.807) is 4.90 Å². The van der Waals surface area contributed by atoms with Gasteiger partial charge in [-0.3, -0.25) is 14.6 Å². The fourth-order valence-electron chi connectivity index (χ4n) is 2.55. The van der Waals surface area contributed by atoms with Crippen LogP contribution in [0.2, 0.25) is 0 Å². The highest BCUT2D eigenvalue weighted by molar-refractivity contribution is 5.82. The summed E-state index contributed by atoms with van der Waals surface area (Å²) >= 11 is 0. The van der Waals surface area contributed by atoms with Crippen LogP contribution in [-0.2, 0) is 9.59 Å². The maximum Gasteiger partial charge on any atom is 0.242 e. The number of nitrogens with two attached hydrogens (primary N) is 3. The van der Waals surface area contributed by atoms with Gasteiger partial charge in [0.25, 0.3) is 0 Å². The second-order valence-electron chi connectivity index (χ2n) is 5.68. The van der Waals surface area contributed by atoms with Crippen LogP contribution in [-0.4, -0.2) is 66.1 Å². The van der Waals surface area contributed by atoms with E-state index in [2.05, 4.69) is 10.3 Å². The van der Waals surface area contributed by atoms with Crippen molar-refractivity contribution in [1.82, 2.24) is 10.2 Å². The van der Waals surface area contributed by atoms with Gasteiger partial charge in [0.1, 0.15) is 6.04 Å². The average Bonchev–Trinajstić information content (AvgIpc) is 2.99. The summed E-state index contributed by atoms with van der Waals surface area (Å²) in [7, 11) is 0. The van der Waals surface area contributed by atoms with E-state index in [1.807, 2.05) is 0 Å². The number of amides is 2. The van der Waals surface area contributed by atoms with Crippen molar-refractivity contribution in [3.05, 3.63) is 0 Å². The molecule has 23 heavy (non-hydrogen) atoms. The Kier molecular flexibility index (Phi) is 8.35. The van der Waals surface area contributed by atoms with Crippen LogP contribution in [0.25, 0.3) is 0 Å². The number of nitrogens with zero attached hydrogens (tertiary/aromatic N) is 2. The van der Waals surface area contributed by atoms with Crippen molar-refractivity contribution < 1.29 is 14.7 Å². The second kappa shape index (κ2) is 10.0. The molecule has 0 radical (unpaired) electrons. The number of aliphatic imine (C=N–C) groups is 1. The molecule has 9 nitrogen and oxygen atoms in total. The predicted octanol–water partition coefficient (Wildman–Crippen LogP) is -2.14. The highest BCUT2D eigenvalue weighted by atomic mass is 16.3. The van der Waals surface area contributed by atoms with Gasteiger partial charge in [-0.05, 0) is 25.7 Å². The number of rotatable bonds is 9. The van der Waals surface area contributed by atoms with Gasteiger partial charge in [-0.15, -0.1) is 0 Å². The van der Waals surface area contributed by atoms with Gasteiger partial charge in [0.05, 0.1) is 6.61 Å². The average molecular weight is 328 g/mol. The molecule has 132 valence electrons. The van der Waals surface area contributed by atoms with E-state index in [-0.39, 0.29) is 30.4 Å². The molecule has 0 bridgehead atoms. The summed E-state index contributed by atoms with van der Waals surface area (Å²) in [6, 6.07) is -0.937. The molecule has 0 aromatic carbocycles. The van der Waals surface area contributed by atoms with Gasteiger partial charge in [0.2, 0.25) is 11.8 Å². The minimum absolute atomic E-state index is 0.0503. The molecule has 2 atom stereocenters. The zero-order chi connectivity index (χ0) is 17.2. The molecule has 1 aliphatic heterocycles. The predicted molar refractivity (Wildman–Crippen MR) is 87.3 cm³/mol. The summed E-state index contributed by atoms with van der Waals surface area (Å²) in [5.41, 5.74) is 16.0. The third-order valence-corrected chi connectivity index (χ3v) is 3.82. The standard InChI is InChI=1S/C14H28N6O3/c15-11(9-21)13(23)20-7-3-4-10(20)8-19-12(22)5-1-2-6-18-14(16)17/h10-11,21H,1-9,15H2,(H,19,22)(H4,16,17,18)/t10-,11-/m0/s1. The zero-order valence-corrected chi connectivity index (χ0v) is 13.4. The van der Waals surface area contributed by atoms with E-state index in [1.165, 1.54) is 0 Å². The highest BCUT2D eigenvalue weighted by Crippen LogP contribution is 2.17. The highest BCUT2D eigenvalue weighted by Gasteiger charge is 2.31. The Labute approximate surface area is 136 Å². The van der Waals surface area contributed by atoms with Gasteiger partial charge in [0, 0.05) is 32.1 Å². The number of hydrogen-bond donors (Lipinski definition) is 5. The maximum atomic E-state index is 12.0. The van der Waals surface area contributed by atoms with Crippen LogP contribution in [0.3, 0.4) is 0 Å². The van der Waals surface area contributed by atoms with Gasteiger partial charge in [0.15, 0.2) is 5.96 Å². The normalized spacial score (nSPS) is 18.5. The molecule has 0 aliphatic carbocycles. The topological polar surface area (TPSA) is 160 Å². The second-order valence-corrected chi connectivity index (χ2v) is 5.68. The van der Waals surface area contributed by atoms with E-state index < -0.39 is 6.04 Å². The van der Waals surface area contributed by atoms with Crippen LogP contribution in [0.5, 0.6) is 0 Å². The quantitative estimate of drug-likeness (QED) is 0.184. The molecule has 1 aliphatic rings. The zero-order valence-electron chi connectivity index (χ0n) is 13.4. The number of likely N-dealkylation sites (tertiary alicyclic amines) is 1. The molecule has 0 aromatic rings. The van der Waals surface area contributed by atoms with Crippen LogP contribution in [0.15, 0.2) is 4.99 Å². The van der Waals surface area contributed by atoms with Crippen molar-refractivity contribution in [1.29, 1.82) is 0 Å². The van der Waals surface area contributed by atoms with Crippen molar-refractivity contribution >= 4 is 17.8 Å². The summed E-state index contributed by atoms with van der Waals surface area (Å²) in [6.07, 6.45) is 3.55. The van der Waals surface area contributed by atoms with E-state index in [9.17, 15) is 9.59 Å². The Morgan fingerprint density at radius 1 is 1.35 bits per heavy atom. The van der Waals surface area contributed by atoms with Gasteiger partial charge < -0.3 is 32.5 Å². The fraction of sp³-hybridized carbons (Fsp3) is 0.786. The fourth-order valence-corrected chi connectivity index (χ4v) is 2.55. The van der Waals surface area contributed by atoms with Gasteiger partial charge in [-0.25, -0.2) is 0 Å². The molecular weight excluding hydrogens is 300 g/mol. The first-order chi connectivity index (χ1) is 11.0. The van der Waals surface area contributed by atoms with E-state index in [4.69, 9.17) is 22.3 Å². The van der Waals surface area contributed by atoms with Gasteiger partial charge >= 0.3 is 0 Å². The van der Waals surface area contributed by atoms with Crippen molar-refractivity contribution in [2.75, 3.05) is 26.2 Å². The van der Waals surface area contributed by atoms with Crippen LogP contribution >= 0.6 is 0 Å². The Balaban J connectivity index is 2.26. The lowest BCUT2D eigenvalue weighted by molar-refractivity contribution is -0.134. The minimum Gasteiger partial charge on any atom is -0.394 e. The molecule has 9 heteroatoms. The molecule has 1 heterocycles. The number of nitrogens with one attached hydrogen (secondary N) is 1. The molecule has 8 N–H and O–H groups in total. The number of unbranched alkanes of at least 4 members (excludes halogenated alkanes) is 1. The lowest BCUT2D eigenvalue weighted by atomic mass is 10.2. The lowest BCUT2D eigenvalue weighted by Crippen LogP contribution is -2.50. The molecule has 1 fully saturated rings. The molecule has 0 saturated carbocycles. The molecular formula is C14H28N6O3. The first kappa shape index (κ1) is 19.2. The van der Waals surface area contributed by atoms with E-state index >= 15 is 0 Å². The Hall–Kier alpha value is -1.87. The third-order valence-electron chi connectivity index (χ3n) is 3.82. The number of aliphatic hydroxyl groups is 1. The molecule has 0 unspecified atom stereocenters. The van der Waals surface area contributed by atoms with Gasteiger partial charge in [-0.2, -0.15) is 0 Å². The van der Waals surface area contributed by atoms with E-state index in [0.29, 0.717) is 32.5 Å². The minimum atomic E-state index is -0.887. The molecule has 2 amide bonds. The number of carbonyl (C=O) groups excluding carboxylic acids is 2. The Morgan fingerprint density at radius 2 is 2.09 bits per heavy atom. The van der Waals surface area contributed by atoms with Crippen molar-refractivity contribution in [2.45, 2.75) is 44.2 Å². The van der Waals surface area contributed by atoms with Crippen molar-refractivity contribution in [3.8, 4) is 0 Å². The lowest BCUT2D eigenvalue weighted by Gasteiger charge is -2.27. The summed E-state index contributed by atoms with van der Waals surface area (Å²) in [4.78, 5) is 29.3. The Morgan fingerprint density at radius 3 is 2.74 bits per heavy atom. The maximum absolute atomic E-state index is 12.0. The van der Waals surface area contributed by atoms with Crippen LogP contribution < -0.4 is 22.5 Å². The summed E-state index contributed by atoms with van der Waals surface area (Å²) < 4.78 is 0. The van der Waals surface area contributed by atoms with Crippen LogP contribution in [0.4, 0.5) is 0 Å². The smallest absolute Gasteiger partial charge is 0.242 e. The van der Waals surface area contributed by atoms with Crippen LogP contribution in [0.1, 0.15) is 32.1 Å². The molecule has 0 aromatic heterocycles. The largest absolute Gasteiger partial charge is 0.394 e. The Bertz CT molecular complexity index is 425. The monoisotopic (exact) mass is 328 g/mol. The number of carbonyl (C=O) groups is 2. The molecule has 1 rings (SSSR count). The summed E-state index contributed by atoms with van der Waals surface area (Å²) in [5.74, 6) is -0.261.